The smallest absolute Gasteiger partial charge is 0.321 e. The van der Waals surface area contributed by atoms with Crippen LogP contribution in [0.3, 0.4) is 0 Å². The van der Waals surface area contributed by atoms with Crippen molar-refractivity contribution >= 4 is 28.5 Å². The van der Waals surface area contributed by atoms with Gasteiger partial charge in [0.1, 0.15) is 17.4 Å². The molecular formula is C35H29FN4O3. The third kappa shape index (κ3) is 4.95. The molecule has 0 aliphatic carbocycles. The number of carbonyl (C=O) groups excluding carboxylic acids is 2. The van der Waals surface area contributed by atoms with Crippen LogP contribution in [0, 0.1) is 5.82 Å². The van der Waals surface area contributed by atoms with Gasteiger partial charge in [-0.15, -0.1) is 0 Å². The highest BCUT2D eigenvalue weighted by Crippen LogP contribution is 2.47. The van der Waals surface area contributed by atoms with Gasteiger partial charge in [0.2, 0.25) is 0 Å². The summed E-state index contributed by atoms with van der Waals surface area (Å²) in [5.74, 6) is -0.171. The van der Waals surface area contributed by atoms with Gasteiger partial charge < -0.3 is 15.0 Å². The molecule has 0 bridgehead atoms. The Morgan fingerprint density at radius 2 is 1.58 bits per heavy atom. The fraction of sp³-hybridized carbons (Fsp3) is 0.171. The number of pyridine rings is 1. The standard InChI is InChI=1S/C35H29FN4O3/c36-26-16-14-23(15-17-26)21-39-22-28-29(34(39)41)33(43-32(24-9-3-1-4-10-24)25-11-5-2-6-12-25)30-27(13-7-18-37-30)31(28)40-20-8-19-38-35(40)42/h1-7,9-18,32H,8,19-22H2,(H,38,42). The largest absolute Gasteiger partial charge is 0.478 e. The van der Waals surface area contributed by atoms with Crippen LogP contribution in [-0.2, 0) is 13.1 Å². The van der Waals surface area contributed by atoms with E-state index in [4.69, 9.17) is 9.72 Å². The van der Waals surface area contributed by atoms with Crippen molar-refractivity contribution in [3.63, 3.8) is 0 Å². The number of amides is 3. The van der Waals surface area contributed by atoms with E-state index < -0.39 is 6.10 Å². The highest BCUT2D eigenvalue weighted by Gasteiger charge is 2.39. The number of halogens is 1. The summed E-state index contributed by atoms with van der Waals surface area (Å²) in [4.78, 5) is 35.7. The lowest BCUT2D eigenvalue weighted by atomic mass is 9.98. The van der Waals surface area contributed by atoms with Crippen molar-refractivity contribution in [3.05, 3.63) is 137 Å². The zero-order valence-electron chi connectivity index (χ0n) is 23.4. The number of fused-ring (bicyclic) bond motifs is 2. The maximum Gasteiger partial charge on any atom is 0.321 e. The van der Waals surface area contributed by atoms with Crippen LogP contribution in [0.1, 0.15) is 45.1 Å². The summed E-state index contributed by atoms with van der Waals surface area (Å²) in [6, 6.07) is 29.5. The third-order valence-corrected chi connectivity index (χ3v) is 8.02. The second-order valence-electron chi connectivity index (χ2n) is 10.8. The topological polar surface area (TPSA) is 74.8 Å². The number of nitrogens with zero attached hydrogens (tertiary/aromatic N) is 3. The zero-order valence-corrected chi connectivity index (χ0v) is 23.4. The molecule has 3 amide bonds. The number of carbonyl (C=O) groups is 2. The molecule has 3 heterocycles. The van der Waals surface area contributed by atoms with Crippen molar-refractivity contribution in [2.24, 2.45) is 0 Å². The number of nitrogens with one attached hydrogen (secondary N) is 1. The number of urea groups is 1. The highest BCUT2D eigenvalue weighted by atomic mass is 19.1. The molecule has 0 saturated carbocycles. The minimum Gasteiger partial charge on any atom is -0.478 e. The van der Waals surface area contributed by atoms with Gasteiger partial charge in [-0.1, -0.05) is 72.8 Å². The minimum atomic E-state index is -0.514. The van der Waals surface area contributed by atoms with Gasteiger partial charge >= 0.3 is 6.03 Å². The maximum atomic E-state index is 14.3. The second-order valence-corrected chi connectivity index (χ2v) is 10.8. The number of benzene rings is 4. The molecule has 43 heavy (non-hydrogen) atoms. The molecule has 0 atom stereocenters. The number of anilines is 1. The van der Waals surface area contributed by atoms with Crippen LogP contribution in [-0.4, -0.2) is 34.9 Å². The van der Waals surface area contributed by atoms with E-state index in [1.807, 2.05) is 72.8 Å². The number of hydrogen-bond acceptors (Lipinski definition) is 4. The molecule has 1 saturated heterocycles. The Balaban J connectivity index is 1.42. The molecule has 2 aliphatic rings. The van der Waals surface area contributed by atoms with E-state index >= 15 is 0 Å². The van der Waals surface area contributed by atoms with Crippen molar-refractivity contribution in [2.45, 2.75) is 25.6 Å². The van der Waals surface area contributed by atoms with Crippen molar-refractivity contribution in [2.75, 3.05) is 18.0 Å². The Bertz CT molecular complexity index is 1770. The molecule has 5 aromatic rings. The average molecular weight is 573 g/mol. The van der Waals surface area contributed by atoms with Crippen LogP contribution in [0.2, 0.25) is 0 Å². The Labute approximate surface area is 248 Å². The fourth-order valence-electron chi connectivity index (χ4n) is 6.02. The van der Waals surface area contributed by atoms with Crippen LogP contribution < -0.4 is 15.0 Å². The Morgan fingerprint density at radius 3 is 2.26 bits per heavy atom. The summed E-state index contributed by atoms with van der Waals surface area (Å²) in [5, 5.41) is 3.69. The second kappa shape index (κ2) is 11.2. The lowest BCUT2D eigenvalue weighted by Crippen LogP contribution is -2.47. The van der Waals surface area contributed by atoms with Crippen LogP contribution in [0.5, 0.6) is 5.75 Å². The van der Waals surface area contributed by atoms with E-state index in [-0.39, 0.29) is 30.8 Å². The lowest BCUT2D eigenvalue weighted by Gasteiger charge is -2.31. The average Bonchev–Trinajstić information content (AvgIpc) is 3.36. The van der Waals surface area contributed by atoms with Gasteiger partial charge in [-0.3, -0.25) is 14.7 Å². The Hall–Kier alpha value is -5.24. The number of rotatable bonds is 7. The first-order valence-corrected chi connectivity index (χ1v) is 14.4. The summed E-state index contributed by atoms with van der Waals surface area (Å²) in [6.07, 6.45) is 1.94. The molecule has 0 radical (unpaired) electrons. The quantitative estimate of drug-likeness (QED) is 0.238. The summed E-state index contributed by atoms with van der Waals surface area (Å²) in [7, 11) is 0. The van der Waals surface area contributed by atoms with E-state index in [1.54, 1.807) is 28.1 Å². The fourth-order valence-corrected chi connectivity index (χ4v) is 6.02. The first-order valence-electron chi connectivity index (χ1n) is 14.4. The lowest BCUT2D eigenvalue weighted by molar-refractivity contribution is 0.0762. The van der Waals surface area contributed by atoms with Gasteiger partial charge in [0.05, 0.1) is 11.3 Å². The van der Waals surface area contributed by atoms with Crippen molar-refractivity contribution in [1.29, 1.82) is 0 Å². The highest BCUT2D eigenvalue weighted by molar-refractivity contribution is 6.14. The molecule has 7 nitrogen and oxygen atoms in total. The van der Waals surface area contributed by atoms with Crippen LogP contribution in [0.4, 0.5) is 14.9 Å². The van der Waals surface area contributed by atoms with Gasteiger partial charge in [0.15, 0.2) is 5.75 Å². The zero-order chi connectivity index (χ0) is 29.3. The molecule has 2 aliphatic heterocycles. The van der Waals surface area contributed by atoms with Gasteiger partial charge in [0, 0.05) is 43.3 Å². The number of aromatic nitrogens is 1. The first kappa shape index (κ1) is 26.6. The van der Waals surface area contributed by atoms with Gasteiger partial charge in [-0.25, -0.2) is 9.18 Å². The molecule has 0 spiro atoms. The van der Waals surface area contributed by atoms with Crippen LogP contribution in [0.25, 0.3) is 10.9 Å². The molecule has 1 N–H and O–H groups in total. The predicted octanol–water partition coefficient (Wildman–Crippen LogP) is 6.62. The van der Waals surface area contributed by atoms with Gasteiger partial charge in [-0.05, 0) is 47.4 Å². The van der Waals surface area contributed by atoms with Crippen molar-refractivity contribution in [1.82, 2.24) is 15.2 Å². The van der Waals surface area contributed by atoms with Crippen LogP contribution >= 0.6 is 0 Å². The van der Waals surface area contributed by atoms with E-state index in [0.717, 1.165) is 34.1 Å². The van der Waals surface area contributed by atoms with Gasteiger partial charge in [-0.2, -0.15) is 0 Å². The molecule has 1 aromatic heterocycles. The van der Waals surface area contributed by atoms with Crippen LogP contribution in [0.15, 0.2) is 103 Å². The summed E-state index contributed by atoms with van der Waals surface area (Å²) in [6.45, 7) is 1.67. The maximum absolute atomic E-state index is 14.3. The van der Waals surface area contributed by atoms with Crippen molar-refractivity contribution in [3.8, 4) is 5.75 Å². The predicted molar refractivity (Wildman–Crippen MR) is 162 cm³/mol. The molecule has 0 unspecified atom stereocenters. The normalized spacial score (nSPS) is 14.7. The van der Waals surface area contributed by atoms with Gasteiger partial charge in [0.25, 0.3) is 5.91 Å². The minimum absolute atomic E-state index is 0.205. The molecule has 8 heteroatoms. The number of hydrogen-bond donors (Lipinski definition) is 1. The van der Waals surface area contributed by atoms with E-state index in [1.165, 1.54) is 12.1 Å². The Kier molecular flexibility index (Phi) is 6.95. The Morgan fingerprint density at radius 1 is 0.884 bits per heavy atom. The van der Waals surface area contributed by atoms with Crippen molar-refractivity contribution < 1.29 is 18.7 Å². The number of ether oxygens (including phenoxy) is 1. The SMILES string of the molecule is O=C1c2c(c(N3CCCNC3=O)c3cccnc3c2OC(c2ccccc2)c2ccccc2)CN1Cc1ccc(F)cc1. The monoisotopic (exact) mass is 572 g/mol. The third-order valence-electron chi connectivity index (χ3n) is 8.02. The molecule has 7 rings (SSSR count). The van der Waals surface area contributed by atoms with E-state index in [0.29, 0.717) is 35.6 Å². The van der Waals surface area contributed by atoms with E-state index in [9.17, 15) is 14.0 Å². The summed E-state index contributed by atoms with van der Waals surface area (Å²) >= 11 is 0. The molecule has 4 aromatic carbocycles. The van der Waals surface area contributed by atoms with E-state index in [2.05, 4.69) is 5.32 Å². The summed E-state index contributed by atoms with van der Waals surface area (Å²) < 4.78 is 20.6. The molecular weight excluding hydrogens is 543 g/mol. The summed E-state index contributed by atoms with van der Waals surface area (Å²) in [5.41, 5.74) is 4.98. The molecule has 214 valence electrons. The molecule has 1 fully saturated rings. The first-order chi connectivity index (χ1) is 21.1.